The van der Waals surface area contributed by atoms with E-state index in [-0.39, 0.29) is 25.7 Å². The monoisotopic (exact) mass is 286 g/mol. The van der Waals surface area contributed by atoms with Gasteiger partial charge in [0, 0.05) is 11.6 Å². The minimum absolute atomic E-state index is 0.0195. The number of halogens is 1. The number of ether oxygens (including phenoxy) is 2. The van der Waals surface area contributed by atoms with E-state index in [0.29, 0.717) is 10.8 Å². The van der Waals surface area contributed by atoms with Crippen molar-refractivity contribution in [2.75, 3.05) is 20.4 Å². The van der Waals surface area contributed by atoms with E-state index in [0.717, 1.165) is 0 Å². The normalized spacial score (nSPS) is 9.58. The van der Waals surface area contributed by atoms with Crippen molar-refractivity contribution in [3.05, 3.63) is 29.3 Å². The number of carbonyl (C=O) groups is 2. The van der Waals surface area contributed by atoms with Crippen LogP contribution < -0.4 is 15.4 Å². The molecule has 0 unspecified atom stereocenters. The Kier molecular flexibility index (Phi) is 6.52. The summed E-state index contributed by atoms with van der Waals surface area (Å²) in [5.74, 6) is 0.219. The number of hydrogen-bond acceptors (Lipinski definition) is 4. The molecule has 0 saturated heterocycles. The Morgan fingerprint density at radius 2 is 1.89 bits per heavy atom. The average Bonchev–Trinajstić information content (AvgIpc) is 2.41. The molecule has 6 nitrogen and oxygen atoms in total. The first-order valence-electron chi connectivity index (χ1n) is 5.58. The molecule has 1 aromatic rings. The summed E-state index contributed by atoms with van der Waals surface area (Å²) in [7, 11) is 1.29. The Balaban J connectivity index is 2.13. The van der Waals surface area contributed by atoms with Crippen molar-refractivity contribution >= 4 is 23.6 Å². The molecule has 104 valence electrons. The molecule has 0 fully saturated rings. The van der Waals surface area contributed by atoms with Crippen LogP contribution in [0.15, 0.2) is 24.3 Å². The van der Waals surface area contributed by atoms with E-state index in [9.17, 15) is 9.59 Å². The van der Waals surface area contributed by atoms with Gasteiger partial charge in [0.05, 0.1) is 13.5 Å². The quantitative estimate of drug-likeness (QED) is 0.614. The molecule has 0 aliphatic carbocycles. The SMILES string of the molecule is COC(=O)CCNC(=O)NCOc1ccc(Cl)cc1. The Morgan fingerprint density at radius 1 is 1.21 bits per heavy atom. The fraction of sp³-hybridized carbons (Fsp3) is 0.333. The highest BCUT2D eigenvalue weighted by atomic mass is 35.5. The van der Waals surface area contributed by atoms with E-state index < -0.39 is 6.03 Å². The van der Waals surface area contributed by atoms with Gasteiger partial charge in [0.1, 0.15) is 5.75 Å². The summed E-state index contributed by atoms with van der Waals surface area (Å²) in [6, 6.07) is 6.34. The molecule has 2 amide bonds. The van der Waals surface area contributed by atoms with Crippen molar-refractivity contribution in [3.8, 4) is 5.75 Å². The van der Waals surface area contributed by atoms with Crippen molar-refractivity contribution in [2.24, 2.45) is 0 Å². The van der Waals surface area contributed by atoms with Crippen LogP contribution in [0, 0.1) is 0 Å². The highest BCUT2D eigenvalue weighted by Gasteiger charge is 2.03. The van der Waals surface area contributed by atoms with E-state index in [1.54, 1.807) is 24.3 Å². The molecule has 19 heavy (non-hydrogen) atoms. The van der Waals surface area contributed by atoms with Gasteiger partial charge in [-0.2, -0.15) is 0 Å². The Hall–Kier alpha value is -1.95. The van der Waals surface area contributed by atoms with Gasteiger partial charge in [-0.05, 0) is 24.3 Å². The van der Waals surface area contributed by atoms with Crippen LogP contribution in [0.3, 0.4) is 0 Å². The lowest BCUT2D eigenvalue weighted by Crippen LogP contribution is -2.38. The molecule has 0 aliphatic heterocycles. The van der Waals surface area contributed by atoms with Gasteiger partial charge in [-0.1, -0.05) is 11.6 Å². The highest BCUT2D eigenvalue weighted by molar-refractivity contribution is 6.30. The third kappa shape index (κ3) is 6.52. The first kappa shape index (κ1) is 15.1. The second kappa shape index (κ2) is 8.20. The summed E-state index contributed by atoms with van der Waals surface area (Å²) in [6.45, 7) is 0.227. The van der Waals surface area contributed by atoms with Gasteiger partial charge in [0.2, 0.25) is 0 Å². The van der Waals surface area contributed by atoms with Gasteiger partial charge in [-0.3, -0.25) is 4.79 Å². The minimum Gasteiger partial charge on any atom is -0.473 e. The lowest BCUT2D eigenvalue weighted by Gasteiger charge is -2.09. The Morgan fingerprint density at radius 3 is 2.53 bits per heavy atom. The summed E-state index contributed by atoms with van der Waals surface area (Å²) in [6.07, 6.45) is 0.127. The zero-order valence-corrected chi connectivity index (χ0v) is 11.2. The first-order valence-corrected chi connectivity index (χ1v) is 5.96. The van der Waals surface area contributed by atoms with Gasteiger partial charge >= 0.3 is 12.0 Å². The topological polar surface area (TPSA) is 76.7 Å². The van der Waals surface area contributed by atoms with E-state index in [2.05, 4.69) is 15.4 Å². The van der Waals surface area contributed by atoms with E-state index in [4.69, 9.17) is 16.3 Å². The number of amides is 2. The molecule has 7 heteroatoms. The smallest absolute Gasteiger partial charge is 0.317 e. The number of methoxy groups -OCH3 is 1. The van der Waals surface area contributed by atoms with Crippen LogP contribution >= 0.6 is 11.6 Å². The predicted octanol–water partition coefficient (Wildman–Crippen LogP) is 1.54. The highest BCUT2D eigenvalue weighted by Crippen LogP contribution is 2.14. The molecule has 0 spiro atoms. The molecular weight excluding hydrogens is 272 g/mol. The van der Waals surface area contributed by atoms with Crippen molar-refractivity contribution in [3.63, 3.8) is 0 Å². The fourth-order valence-electron chi connectivity index (χ4n) is 1.16. The molecule has 1 aromatic carbocycles. The molecule has 0 aromatic heterocycles. The molecule has 0 aliphatic rings. The molecule has 0 saturated carbocycles. The number of hydrogen-bond donors (Lipinski definition) is 2. The third-order valence-electron chi connectivity index (χ3n) is 2.13. The zero-order valence-electron chi connectivity index (χ0n) is 10.4. The standard InChI is InChI=1S/C12H15ClN2O4/c1-18-11(16)6-7-14-12(17)15-8-19-10-4-2-9(13)3-5-10/h2-5H,6-8H2,1H3,(H2,14,15,17). The zero-order chi connectivity index (χ0) is 14.1. The van der Waals surface area contributed by atoms with Crippen LogP contribution in [0.2, 0.25) is 5.02 Å². The van der Waals surface area contributed by atoms with Gasteiger partial charge in [0.25, 0.3) is 0 Å². The molecule has 2 N–H and O–H groups in total. The molecule has 0 bridgehead atoms. The second-order valence-corrected chi connectivity index (χ2v) is 3.94. The Bertz CT molecular complexity index is 422. The van der Waals surface area contributed by atoms with Crippen LogP contribution in [0.4, 0.5) is 4.79 Å². The average molecular weight is 287 g/mol. The number of nitrogens with one attached hydrogen (secondary N) is 2. The van der Waals surface area contributed by atoms with Crippen LogP contribution in [0.1, 0.15) is 6.42 Å². The molecule has 0 radical (unpaired) electrons. The molecule has 1 rings (SSSR count). The number of benzene rings is 1. The largest absolute Gasteiger partial charge is 0.473 e. The van der Waals surface area contributed by atoms with Crippen molar-refractivity contribution < 1.29 is 19.1 Å². The van der Waals surface area contributed by atoms with Crippen molar-refractivity contribution in [1.82, 2.24) is 10.6 Å². The van der Waals surface area contributed by atoms with Crippen LogP contribution in [-0.4, -0.2) is 32.4 Å². The maximum atomic E-state index is 11.3. The summed E-state index contributed by atoms with van der Waals surface area (Å²) in [5.41, 5.74) is 0. The second-order valence-electron chi connectivity index (χ2n) is 3.50. The summed E-state index contributed by atoms with van der Waals surface area (Å²) < 4.78 is 9.69. The van der Waals surface area contributed by atoms with Crippen molar-refractivity contribution in [2.45, 2.75) is 6.42 Å². The minimum atomic E-state index is -0.419. The maximum Gasteiger partial charge on any atom is 0.317 e. The lowest BCUT2D eigenvalue weighted by atomic mass is 10.3. The number of rotatable bonds is 6. The third-order valence-corrected chi connectivity index (χ3v) is 2.38. The Labute approximate surface area is 116 Å². The van der Waals surface area contributed by atoms with Crippen molar-refractivity contribution in [1.29, 1.82) is 0 Å². The van der Waals surface area contributed by atoms with Crippen LogP contribution in [-0.2, 0) is 9.53 Å². The maximum absolute atomic E-state index is 11.3. The molecule has 0 atom stereocenters. The summed E-state index contributed by atoms with van der Waals surface area (Å²) in [5, 5.41) is 5.58. The predicted molar refractivity (Wildman–Crippen MR) is 70.1 cm³/mol. The number of carbonyl (C=O) groups excluding carboxylic acids is 2. The number of esters is 1. The fourth-order valence-corrected chi connectivity index (χ4v) is 1.28. The molecular formula is C12H15ClN2O4. The van der Waals surface area contributed by atoms with Crippen LogP contribution in [0.25, 0.3) is 0 Å². The first-order chi connectivity index (χ1) is 9.11. The summed E-state index contributed by atoms with van der Waals surface area (Å²) >= 11 is 5.72. The number of urea groups is 1. The van der Waals surface area contributed by atoms with Gasteiger partial charge in [-0.15, -0.1) is 0 Å². The summed E-state index contributed by atoms with van der Waals surface area (Å²) in [4.78, 5) is 22.1. The van der Waals surface area contributed by atoms with E-state index >= 15 is 0 Å². The van der Waals surface area contributed by atoms with Gasteiger partial charge in [0.15, 0.2) is 6.73 Å². The van der Waals surface area contributed by atoms with E-state index in [1.807, 2.05) is 0 Å². The lowest BCUT2D eigenvalue weighted by molar-refractivity contribution is -0.140. The van der Waals surface area contributed by atoms with E-state index in [1.165, 1.54) is 7.11 Å². The van der Waals surface area contributed by atoms with Crippen LogP contribution in [0.5, 0.6) is 5.75 Å². The van der Waals surface area contributed by atoms with Gasteiger partial charge in [-0.25, -0.2) is 4.79 Å². The molecule has 0 heterocycles. The van der Waals surface area contributed by atoms with Gasteiger partial charge < -0.3 is 20.1 Å².